The van der Waals surface area contributed by atoms with Gasteiger partial charge in [-0.2, -0.15) is 12.6 Å². The Morgan fingerprint density at radius 2 is 2.38 bits per heavy atom. The molecule has 0 saturated carbocycles. The molecule has 5 heteroatoms. The van der Waals surface area contributed by atoms with Gasteiger partial charge in [0, 0.05) is 19.0 Å². The van der Waals surface area contributed by atoms with Gasteiger partial charge in [-0.05, 0) is 0 Å². The van der Waals surface area contributed by atoms with Crippen LogP contribution in [0.2, 0.25) is 0 Å². The zero-order chi connectivity index (χ0) is 6.62. The Morgan fingerprint density at radius 3 is 2.50 bits per heavy atom. The van der Waals surface area contributed by atoms with Gasteiger partial charge in [0.15, 0.2) is 0 Å². The summed E-state index contributed by atoms with van der Waals surface area (Å²) in [7, 11) is -2.98. The van der Waals surface area contributed by atoms with Crippen LogP contribution < -0.4 is 5.09 Å². The van der Waals surface area contributed by atoms with Crippen molar-refractivity contribution >= 4 is 20.1 Å². The van der Waals surface area contributed by atoms with Crippen molar-refractivity contribution in [2.75, 3.05) is 19.0 Å². The smallest absolute Gasteiger partial charge is 0.264 e. The molecule has 1 unspecified atom stereocenters. The maximum atomic E-state index is 10.4. The number of hydrogen-bond donors (Lipinski definition) is 3. The number of thiol groups is 1. The maximum absolute atomic E-state index is 10.4. The van der Waals surface area contributed by atoms with E-state index < -0.39 is 7.52 Å². The summed E-state index contributed by atoms with van der Waals surface area (Å²) >= 11 is 3.84. The normalized spacial score (nSPS) is 17.9. The van der Waals surface area contributed by atoms with E-state index in [1.807, 2.05) is 0 Å². The zero-order valence-corrected chi connectivity index (χ0v) is 6.45. The number of nitrogens with one attached hydrogen (secondary N) is 1. The van der Waals surface area contributed by atoms with Crippen LogP contribution in [0.5, 0.6) is 0 Å². The molecule has 0 heterocycles. The second-order valence-corrected chi connectivity index (χ2v) is 4.03. The fourth-order valence-corrected chi connectivity index (χ4v) is 1.07. The molecule has 0 spiro atoms. The highest BCUT2D eigenvalue weighted by Crippen LogP contribution is 2.27. The van der Waals surface area contributed by atoms with E-state index in [4.69, 9.17) is 4.89 Å². The molecule has 0 aromatic rings. The first-order chi connectivity index (χ1) is 3.56. The van der Waals surface area contributed by atoms with Crippen molar-refractivity contribution in [3.8, 4) is 0 Å². The summed E-state index contributed by atoms with van der Waals surface area (Å²) in [5.41, 5.74) is 0. The lowest BCUT2D eigenvalue weighted by molar-refractivity contribution is 0.472. The third-order valence-corrected chi connectivity index (χ3v) is 1.55. The molecule has 2 N–H and O–H groups in total. The molecule has 0 aromatic carbocycles. The molecular weight excluding hydrogens is 145 g/mol. The summed E-state index contributed by atoms with van der Waals surface area (Å²) in [4.78, 5) is 8.56. The molecule has 0 aromatic heterocycles. The lowest BCUT2D eigenvalue weighted by Crippen LogP contribution is -2.11. The highest BCUT2D eigenvalue weighted by molar-refractivity contribution is 7.80. The van der Waals surface area contributed by atoms with Crippen LogP contribution in [0.1, 0.15) is 0 Å². The molecule has 0 fully saturated rings. The van der Waals surface area contributed by atoms with Crippen LogP contribution in [-0.2, 0) is 4.57 Å². The summed E-state index contributed by atoms with van der Waals surface area (Å²) in [6.07, 6.45) is 0. The van der Waals surface area contributed by atoms with Crippen LogP contribution >= 0.6 is 20.1 Å². The van der Waals surface area contributed by atoms with Crippen molar-refractivity contribution in [3.63, 3.8) is 0 Å². The summed E-state index contributed by atoms with van der Waals surface area (Å²) in [5, 5.41) is 2.41. The molecule has 1 atom stereocenters. The van der Waals surface area contributed by atoms with Gasteiger partial charge in [-0.25, -0.2) is 5.09 Å². The SMILES string of the molecule is CP(=O)(O)NCCS. The minimum Gasteiger partial charge on any atom is -0.333 e. The van der Waals surface area contributed by atoms with E-state index in [0.717, 1.165) is 0 Å². The summed E-state index contributed by atoms with van der Waals surface area (Å²) in [5.74, 6) is 0.582. The third-order valence-electron chi connectivity index (χ3n) is 0.517. The van der Waals surface area contributed by atoms with Crippen LogP contribution in [0.25, 0.3) is 0 Å². The fourth-order valence-electron chi connectivity index (χ4n) is 0.257. The molecule has 8 heavy (non-hydrogen) atoms. The average Bonchev–Trinajstić information content (AvgIpc) is 1.59. The minimum atomic E-state index is -2.98. The molecule has 0 radical (unpaired) electrons. The average molecular weight is 155 g/mol. The van der Waals surface area contributed by atoms with Crippen LogP contribution in [0.15, 0.2) is 0 Å². The fraction of sp³-hybridized carbons (Fsp3) is 1.00. The van der Waals surface area contributed by atoms with E-state index in [0.29, 0.717) is 12.3 Å². The second-order valence-electron chi connectivity index (χ2n) is 1.51. The molecule has 0 aliphatic carbocycles. The van der Waals surface area contributed by atoms with E-state index in [1.54, 1.807) is 0 Å². The Hall–Kier alpha value is 0.500. The van der Waals surface area contributed by atoms with E-state index in [2.05, 4.69) is 17.7 Å². The van der Waals surface area contributed by atoms with Crippen molar-refractivity contribution < 1.29 is 9.46 Å². The standard InChI is InChI=1S/C3H10NO2PS/c1-7(5,6)4-2-3-8/h8H,2-3H2,1H3,(H2,4,5,6). The van der Waals surface area contributed by atoms with Crippen LogP contribution in [-0.4, -0.2) is 23.9 Å². The van der Waals surface area contributed by atoms with Crippen LogP contribution in [0.3, 0.4) is 0 Å². The van der Waals surface area contributed by atoms with E-state index in [9.17, 15) is 4.57 Å². The predicted octanol–water partition coefficient (Wildman–Crippen LogP) is 0.321. The number of rotatable bonds is 3. The minimum absolute atomic E-state index is 0.480. The van der Waals surface area contributed by atoms with Crippen molar-refractivity contribution in [3.05, 3.63) is 0 Å². The first-order valence-electron chi connectivity index (χ1n) is 2.22. The van der Waals surface area contributed by atoms with Crippen molar-refractivity contribution in [1.29, 1.82) is 0 Å². The maximum Gasteiger partial charge on any atom is 0.264 e. The Bertz CT molecular complexity index is 101. The van der Waals surface area contributed by atoms with E-state index in [1.165, 1.54) is 6.66 Å². The highest BCUT2D eigenvalue weighted by Gasteiger charge is 2.04. The molecule has 50 valence electrons. The van der Waals surface area contributed by atoms with Crippen molar-refractivity contribution in [2.24, 2.45) is 0 Å². The topological polar surface area (TPSA) is 49.3 Å². The quantitative estimate of drug-likeness (QED) is 0.406. The Morgan fingerprint density at radius 1 is 1.88 bits per heavy atom. The van der Waals surface area contributed by atoms with Gasteiger partial charge >= 0.3 is 0 Å². The molecule has 0 amide bonds. The van der Waals surface area contributed by atoms with Gasteiger partial charge in [0.1, 0.15) is 0 Å². The third kappa shape index (κ3) is 6.50. The van der Waals surface area contributed by atoms with Crippen LogP contribution in [0.4, 0.5) is 0 Å². The molecule has 0 aliphatic rings. The Balaban J connectivity index is 3.26. The molecule has 0 aliphatic heterocycles. The van der Waals surface area contributed by atoms with E-state index in [-0.39, 0.29) is 0 Å². The summed E-state index contributed by atoms with van der Waals surface area (Å²) in [6.45, 7) is 1.74. The Labute approximate surface area is 54.4 Å². The largest absolute Gasteiger partial charge is 0.333 e. The summed E-state index contributed by atoms with van der Waals surface area (Å²) < 4.78 is 10.4. The lowest BCUT2D eigenvalue weighted by Gasteiger charge is -2.03. The molecule has 0 saturated heterocycles. The van der Waals surface area contributed by atoms with Crippen LogP contribution in [0, 0.1) is 0 Å². The monoisotopic (exact) mass is 155 g/mol. The number of hydrogen-bond acceptors (Lipinski definition) is 2. The van der Waals surface area contributed by atoms with Gasteiger partial charge in [0.05, 0.1) is 0 Å². The van der Waals surface area contributed by atoms with Gasteiger partial charge < -0.3 is 4.89 Å². The first-order valence-corrected chi connectivity index (χ1v) is 4.96. The lowest BCUT2D eigenvalue weighted by atomic mass is 10.8. The van der Waals surface area contributed by atoms with E-state index >= 15 is 0 Å². The van der Waals surface area contributed by atoms with Crippen molar-refractivity contribution in [1.82, 2.24) is 5.09 Å². The van der Waals surface area contributed by atoms with Gasteiger partial charge in [-0.1, -0.05) is 0 Å². The molecular formula is C3H10NO2PS. The van der Waals surface area contributed by atoms with Gasteiger partial charge in [0.25, 0.3) is 7.52 Å². The van der Waals surface area contributed by atoms with Gasteiger partial charge in [0.2, 0.25) is 0 Å². The van der Waals surface area contributed by atoms with Gasteiger partial charge in [-0.3, -0.25) is 4.57 Å². The molecule has 0 bridgehead atoms. The Kier molecular flexibility index (Phi) is 3.73. The molecule has 0 rings (SSSR count). The van der Waals surface area contributed by atoms with Crippen molar-refractivity contribution in [2.45, 2.75) is 0 Å². The highest BCUT2D eigenvalue weighted by atomic mass is 32.1. The first kappa shape index (κ1) is 8.50. The zero-order valence-electron chi connectivity index (χ0n) is 4.66. The predicted molar refractivity (Wildman–Crippen MR) is 37.6 cm³/mol. The summed E-state index contributed by atoms with van der Waals surface area (Å²) in [6, 6.07) is 0. The second kappa shape index (κ2) is 3.51. The van der Waals surface area contributed by atoms with Gasteiger partial charge in [-0.15, -0.1) is 0 Å². The molecule has 3 nitrogen and oxygen atoms in total.